The average molecular weight is 292 g/mol. The van der Waals surface area contributed by atoms with Crippen molar-refractivity contribution in [3.8, 4) is 0 Å². The van der Waals surface area contributed by atoms with Crippen molar-refractivity contribution in [3.63, 3.8) is 0 Å². The van der Waals surface area contributed by atoms with Gasteiger partial charge < -0.3 is 20.4 Å². The molecule has 0 aliphatic rings. The van der Waals surface area contributed by atoms with Gasteiger partial charge in [-0.3, -0.25) is 0 Å². The van der Waals surface area contributed by atoms with E-state index in [0.717, 1.165) is 0 Å². The number of carbonyl (C=O) groups is 2. The Morgan fingerprint density at radius 1 is 0.800 bits per heavy atom. The number of hydrogen-bond acceptors (Lipinski definition) is 2. The summed E-state index contributed by atoms with van der Waals surface area (Å²) in [7, 11) is 0. The van der Waals surface area contributed by atoms with Crippen LogP contribution in [0.3, 0.4) is 0 Å². The number of rotatable bonds is 8. The fourth-order valence-corrected chi connectivity index (χ4v) is 1.39. The van der Waals surface area contributed by atoms with Gasteiger partial charge in [-0.25, -0.2) is 9.59 Å². The van der Waals surface area contributed by atoms with Gasteiger partial charge in [0.1, 0.15) is 0 Å². The second-order valence-corrected chi connectivity index (χ2v) is 4.04. The summed E-state index contributed by atoms with van der Waals surface area (Å²) in [6.45, 7) is 4.37. The molecule has 0 aromatic carbocycles. The minimum Gasteiger partial charge on any atom is -0.450 e. The maximum atomic E-state index is 8.56. The highest BCUT2D eigenvalue weighted by Crippen LogP contribution is 2.08. The van der Waals surface area contributed by atoms with Gasteiger partial charge in [-0.1, -0.05) is 57.6 Å². The highest BCUT2D eigenvalue weighted by atomic mass is 16.6. The third-order valence-electron chi connectivity index (χ3n) is 2.21. The fraction of sp³-hybridized carbons (Fsp3) is 0.714. The molecule has 0 bridgehead atoms. The number of hydrogen-bond donors (Lipinski definition) is 4. The van der Waals surface area contributed by atoms with Crippen LogP contribution in [0.5, 0.6) is 0 Å². The van der Waals surface area contributed by atoms with E-state index in [2.05, 4.69) is 26.0 Å². The highest BCUT2D eigenvalue weighted by Gasteiger charge is 1.88. The molecule has 0 aliphatic carbocycles. The Morgan fingerprint density at radius 2 is 1.15 bits per heavy atom. The summed E-state index contributed by atoms with van der Waals surface area (Å²) in [6, 6.07) is 0. The first kappa shape index (κ1) is 23.4. The van der Waals surface area contributed by atoms with Crippen molar-refractivity contribution < 1.29 is 30.0 Å². The van der Waals surface area contributed by atoms with E-state index in [-0.39, 0.29) is 0 Å². The molecule has 0 saturated heterocycles. The molecule has 20 heavy (non-hydrogen) atoms. The number of unbranched alkanes of at least 4 members (excludes halogenated alkanes) is 7. The zero-order valence-corrected chi connectivity index (χ0v) is 12.4. The van der Waals surface area contributed by atoms with Crippen LogP contribution in [0.25, 0.3) is 0 Å². The topological polar surface area (TPSA) is 115 Å². The van der Waals surface area contributed by atoms with Crippen LogP contribution in [-0.4, -0.2) is 32.7 Å². The van der Waals surface area contributed by atoms with Crippen LogP contribution in [0.15, 0.2) is 12.2 Å². The highest BCUT2D eigenvalue weighted by molar-refractivity contribution is 5.53. The molecule has 0 heterocycles. The summed E-state index contributed by atoms with van der Waals surface area (Å²) < 4.78 is 0. The molecule has 0 saturated carbocycles. The third-order valence-corrected chi connectivity index (χ3v) is 2.21. The van der Waals surface area contributed by atoms with Gasteiger partial charge in [-0.05, 0) is 19.8 Å². The van der Waals surface area contributed by atoms with Crippen LogP contribution in [0.1, 0.15) is 65.2 Å². The first-order chi connectivity index (χ1) is 9.38. The van der Waals surface area contributed by atoms with Crippen LogP contribution in [-0.2, 0) is 0 Å². The van der Waals surface area contributed by atoms with E-state index in [1.165, 1.54) is 51.4 Å². The Morgan fingerprint density at radius 3 is 1.50 bits per heavy atom. The molecular formula is C14H28O6. The molecule has 4 N–H and O–H groups in total. The second-order valence-electron chi connectivity index (χ2n) is 4.04. The molecule has 0 aliphatic heterocycles. The molecule has 0 fully saturated rings. The van der Waals surface area contributed by atoms with E-state index < -0.39 is 12.3 Å². The third kappa shape index (κ3) is 71.7. The van der Waals surface area contributed by atoms with Gasteiger partial charge >= 0.3 is 12.3 Å². The van der Waals surface area contributed by atoms with E-state index in [4.69, 9.17) is 30.0 Å². The Kier molecular flexibility index (Phi) is 26.3. The van der Waals surface area contributed by atoms with Crippen LogP contribution >= 0.6 is 0 Å². The number of allylic oxidation sites excluding steroid dienone is 2. The van der Waals surface area contributed by atoms with E-state index in [9.17, 15) is 0 Å². The maximum absolute atomic E-state index is 8.56. The molecule has 6 heteroatoms. The van der Waals surface area contributed by atoms with Crippen molar-refractivity contribution in [2.75, 3.05) is 0 Å². The summed E-state index contributed by atoms with van der Waals surface area (Å²) >= 11 is 0. The lowest BCUT2D eigenvalue weighted by atomic mass is 10.1. The molecule has 120 valence electrons. The van der Waals surface area contributed by atoms with Crippen molar-refractivity contribution in [2.24, 2.45) is 0 Å². The van der Waals surface area contributed by atoms with Gasteiger partial charge in [0.25, 0.3) is 0 Å². The lowest BCUT2D eigenvalue weighted by Crippen LogP contribution is -1.81. The molecule has 0 amide bonds. The smallest absolute Gasteiger partial charge is 0.450 e. The molecule has 6 nitrogen and oxygen atoms in total. The summed E-state index contributed by atoms with van der Waals surface area (Å²) in [4.78, 5) is 17.1. The van der Waals surface area contributed by atoms with Crippen molar-refractivity contribution in [2.45, 2.75) is 65.2 Å². The molecule has 0 unspecified atom stereocenters. The molecule has 0 aromatic heterocycles. The summed E-state index contributed by atoms with van der Waals surface area (Å²) in [5, 5.41) is 27.9. The molecule has 0 atom stereocenters. The molecule has 0 aromatic rings. The van der Waals surface area contributed by atoms with Gasteiger partial charge in [-0.2, -0.15) is 0 Å². The van der Waals surface area contributed by atoms with Gasteiger partial charge in [0.2, 0.25) is 0 Å². The SMILES string of the molecule is C/C=C/CCCCCCCCC.O=C(O)O.O=C(O)O. The summed E-state index contributed by atoms with van der Waals surface area (Å²) in [5.41, 5.74) is 0. The predicted molar refractivity (Wildman–Crippen MR) is 78.7 cm³/mol. The van der Waals surface area contributed by atoms with E-state index >= 15 is 0 Å². The van der Waals surface area contributed by atoms with Gasteiger partial charge in [0, 0.05) is 0 Å². The normalized spacial score (nSPS) is 9.10. The van der Waals surface area contributed by atoms with Crippen LogP contribution < -0.4 is 0 Å². The minimum absolute atomic E-state index is 1.28. The van der Waals surface area contributed by atoms with Crippen molar-refractivity contribution in [1.82, 2.24) is 0 Å². The fourth-order valence-electron chi connectivity index (χ4n) is 1.39. The van der Waals surface area contributed by atoms with E-state index in [1.54, 1.807) is 0 Å². The average Bonchev–Trinajstić information content (AvgIpc) is 2.31. The molecule has 0 spiro atoms. The van der Waals surface area contributed by atoms with Gasteiger partial charge in [0.05, 0.1) is 0 Å². The van der Waals surface area contributed by atoms with Gasteiger partial charge in [-0.15, -0.1) is 0 Å². The summed E-state index contributed by atoms with van der Waals surface area (Å²) in [6.07, 6.45) is 12.0. The van der Waals surface area contributed by atoms with Gasteiger partial charge in [0.15, 0.2) is 0 Å². The lowest BCUT2D eigenvalue weighted by Gasteiger charge is -1.98. The second kappa shape index (κ2) is 22.5. The predicted octanol–water partition coefficient (Wildman–Crippen LogP) is 5.15. The van der Waals surface area contributed by atoms with Crippen molar-refractivity contribution >= 4 is 12.3 Å². The number of carboxylic acid groups (broad SMARTS) is 4. The first-order valence-electron chi connectivity index (χ1n) is 6.83. The zero-order valence-electron chi connectivity index (χ0n) is 12.4. The van der Waals surface area contributed by atoms with Crippen molar-refractivity contribution in [3.05, 3.63) is 12.2 Å². The largest absolute Gasteiger partial charge is 0.503 e. The van der Waals surface area contributed by atoms with E-state index in [1.807, 2.05) is 0 Å². The molecule has 0 rings (SSSR count). The van der Waals surface area contributed by atoms with E-state index in [0.29, 0.717) is 0 Å². The molecular weight excluding hydrogens is 264 g/mol. The Bertz CT molecular complexity index is 218. The first-order valence-corrected chi connectivity index (χ1v) is 6.83. The van der Waals surface area contributed by atoms with Crippen LogP contribution in [0, 0.1) is 0 Å². The molecule has 0 radical (unpaired) electrons. The van der Waals surface area contributed by atoms with Crippen LogP contribution in [0.2, 0.25) is 0 Å². The van der Waals surface area contributed by atoms with Crippen molar-refractivity contribution in [1.29, 1.82) is 0 Å². The van der Waals surface area contributed by atoms with Crippen LogP contribution in [0.4, 0.5) is 9.59 Å². The Balaban J connectivity index is -0.000000297. The quantitative estimate of drug-likeness (QED) is 0.363. The lowest BCUT2D eigenvalue weighted by molar-refractivity contribution is 0.135. The summed E-state index contributed by atoms with van der Waals surface area (Å²) in [5.74, 6) is 0. The maximum Gasteiger partial charge on any atom is 0.503 e. The Hall–Kier alpha value is -1.72. The zero-order chi connectivity index (χ0) is 16.2. The Labute approximate surface area is 120 Å². The standard InChI is InChI=1S/C12H24.2CH2O3/c1-3-5-7-9-11-12-10-8-6-4-2;2*2-1(3)4/h3,5H,4,6-12H2,1-2H3;2*(H2,2,3,4)/b5-3+;;. The minimum atomic E-state index is -1.83. The monoisotopic (exact) mass is 292 g/mol.